The topological polar surface area (TPSA) is 0 Å². The minimum atomic E-state index is 0.885. The minimum Gasteiger partial charge on any atom is -0.0696 e. The van der Waals surface area contributed by atoms with Gasteiger partial charge in [-0.25, -0.2) is 0 Å². The first-order chi connectivity index (χ1) is 9.65. The second-order valence-corrected chi connectivity index (χ2v) is 6.81. The van der Waals surface area contributed by atoms with Crippen LogP contribution >= 0.6 is 0 Å². The molecule has 0 bridgehead atoms. The summed E-state index contributed by atoms with van der Waals surface area (Å²) in [7, 11) is 0. The third kappa shape index (κ3) is 2.90. The Morgan fingerprint density at radius 2 is 1.35 bits per heavy atom. The quantitative estimate of drug-likeness (QED) is 0.603. The van der Waals surface area contributed by atoms with Gasteiger partial charge in [0, 0.05) is 0 Å². The lowest BCUT2D eigenvalue weighted by Gasteiger charge is -2.25. The molecule has 0 nitrogen and oxygen atoms in total. The Bertz CT molecular complexity index is 504. The van der Waals surface area contributed by atoms with Crippen LogP contribution in [0.2, 0.25) is 0 Å². The van der Waals surface area contributed by atoms with Crippen molar-refractivity contribution in [2.24, 2.45) is 11.8 Å². The molecule has 106 valence electrons. The molecule has 0 saturated heterocycles. The normalized spacial score (nSPS) is 27.4. The highest BCUT2D eigenvalue weighted by molar-refractivity contribution is 5.33. The molecule has 0 spiro atoms. The second kappa shape index (κ2) is 5.60. The van der Waals surface area contributed by atoms with Crippen molar-refractivity contribution in [2.45, 2.75) is 52.4 Å². The largest absolute Gasteiger partial charge is 0.0696 e. The molecule has 3 aliphatic carbocycles. The summed E-state index contributed by atoms with van der Waals surface area (Å²) in [6.45, 7) is 6.63. The maximum absolute atomic E-state index is 2.28. The highest BCUT2D eigenvalue weighted by atomic mass is 14.4. The number of benzene rings is 1. The van der Waals surface area contributed by atoms with Crippen LogP contribution in [0, 0.1) is 18.8 Å². The van der Waals surface area contributed by atoms with Gasteiger partial charge in [-0.3, -0.25) is 0 Å². The Labute approximate surface area is 123 Å². The summed E-state index contributed by atoms with van der Waals surface area (Å²) in [6, 6.07) is 8.99. The van der Waals surface area contributed by atoms with Crippen LogP contribution < -0.4 is 0 Å². The van der Waals surface area contributed by atoms with Crippen LogP contribution in [0.15, 0.2) is 47.6 Å². The molecule has 3 aliphatic rings. The molecule has 1 aromatic rings. The van der Waals surface area contributed by atoms with E-state index in [9.17, 15) is 0 Å². The van der Waals surface area contributed by atoms with Gasteiger partial charge in [0.15, 0.2) is 0 Å². The zero-order valence-electron chi connectivity index (χ0n) is 13.0. The molecule has 0 heterocycles. The van der Waals surface area contributed by atoms with Crippen LogP contribution in [0.4, 0.5) is 0 Å². The number of hydrogen-bond acceptors (Lipinski definition) is 0. The molecule has 20 heavy (non-hydrogen) atoms. The molecule has 0 N–H and O–H groups in total. The summed E-state index contributed by atoms with van der Waals surface area (Å²) in [5.74, 6) is 2.76. The van der Waals surface area contributed by atoms with Crippen molar-refractivity contribution in [3.63, 3.8) is 0 Å². The van der Waals surface area contributed by atoms with Gasteiger partial charge in [0.25, 0.3) is 0 Å². The highest BCUT2D eigenvalue weighted by Crippen LogP contribution is 2.50. The zero-order valence-corrected chi connectivity index (χ0v) is 13.0. The van der Waals surface area contributed by atoms with E-state index < -0.39 is 0 Å². The van der Waals surface area contributed by atoms with E-state index in [-0.39, 0.29) is 0 Å². The van der Waals surface area contributed by atoms with Crippen LogP contribution in [-0.2, 0) is 0 Å². The van der Waals surface area contributed by atoms with Crippen LogP contribution in [-0.4, -0.2) is 0 Å². The van der Waals surface area contributed by atoms with Gasteiger partial charge in [0.2, 0.25) is 0 Å². The molecule has 2 unspecified atom stereocenters. The van der Waals surface area contributed by atoms with Gasteiger partial charge in [-0.2, -0.15) is 0 Å². The number of aryl methyl sites for hydroxylation is 1. The van der Waals surface area contributed by atoms with Gasteiger partial charge >= 0.3 is 0 Å². The van der Waals surface area contributed by atoms with E-state index in [0.717, 1.165) is 17.8 Å². The predicted molar refractivity (Wildman–Crippen MR) is 86.9 cm³/mol. The summed E-state index contributed by atoms with van der Waals surface area (Å²) in [5, 5.41) is 0. The lowest BCUT2D eigenvalue weighted by atomic mass is 9.80. The predicted octanol–water partition coefficient (Wildman–Crippen LogP) is 5.79. The van der Waals surface area contributed by atoms with Crippen molar-refractivity contribution in [1.82, 2.24) is 0 Å². The van der Waals surface area contributed by atoms with Gasteiger partial charge in [-0.05, 0) is 63.4 Å². The van der Waals surface area contributed by atoms with Gasteiger partial charge in [-0.15, -0.1) is 0 Å². The van der Waals surface area contributed by atoms with E-state index in [2.05, 4.69) is 57.2 Å². The standard InChI is InChI=1S/C11H14.C9H12/c1-9-5-7-11(8-6-9)10-3-2-4-10;1-6-3-4-7(2)9-5-8(6)9/h5-8,10H,2-4H2,1H3;3-4,8-9H,5H2,1-2H3. The summed E-state index contributed by atoms with van der Waals surface area (Å²) >= 11 is 0. The fourth-order valence-electron chi connectivity index (χ4n) is 3.29. The first-order valence-corrected chi connectivity index (χ1v) is 8.06. The lowest BCUT2D eigenvalue weighted by Crippen LogP contribution is -2.08. The summed E-state index contributed by atoms with van der Waals surface area (Å²) in [6.07, 6.45) is 10.2. The molecule has 0 aromatic heterocycles. The number of hydrogen-bond donors (Lipinski definition) is 0. The Morgan fingerprint density at radius 1 is 0.800 bits per heavy atom. The summed E-state index contributed by atoms with van der Waals surface area (Å²) < 4.78 is 0. The average molecular weight is 266 g/mol. The lowest BCUT2D eigenvalue weighted by molar-refractivity contribution is 0.420. The summed E-state index contributed by atoms with van der Waals surface area (Å²) in [5.41, 5.74) is 6.09. The van der Waals surface area contributed by atoms with Crippen molar-refractivity contribution in [3.8, 4) is 0 Å². The Kier molecular flexibility index (Phi) is 3.83. The van der Waals surface area contributed by atoms with Crippen molar-refractivity contribution < 1.29 is 0 Å². The van der Waals surface area contributed by atoms with Gasteiger partial charge in [0.1, 0.15) is 0 Å². The van der Waals surface area contributed by atoms with Gasteiger partial charge in [0.05, 0.1) is 0 Å². The molecule has 1 aromatic carbocycles. The smallest absolute Gasteiger partial charge is 0.0131 e. The van der Waals surface area contributed by atoms with Crippen LogP contribution in [0.25, 0.3) is 0 Å². The molecule has 0 aliphatic heterocycles. The molecule has 2 atom stereocenters. The van der Waals surface area contributed by atoms with E-state index in [1.807, 2.05) is 0 Å². The Hall–Kier alpha value is -1.30. The van der Waals surface area contributed by atoms with Crippen molar-refractivity contribution in [2.75, 3.05) is 0 Å². The fourth-order valence-corrected chi connectivity index (χ4v) is 3.29. The first kappa shape index (κ1) is 13.7. The molecule has 2 fully saturated rings. The van der Waals surface area contributed by atoms with E-state index in [1.165, 1.54) is 31.2 Å². The second-order valence-electron chi connectivity index (χ2n) is 6.81. The van der Waals surface area contributed by atoms with E-state index in [0.29, 0.717) is 0 Å². The molecular weight excluding hydrogens is 240 g/mol. The minimum absolute atomic E-state index is 0.885. The van der Waals surface area contributed by atoms with Gasteiger partial charge < -0.3 is 0 Å². The zero-order chi connectivity index (χ0) is 14.1. The highest BCUT2D eigenvalue weighted by Gasteiger charge is 2.40. The third-order valence-electron chi connectivity index (χ3n) is 5.22. The molecule has 0 amide bonds. The Balaban J connectivity index is 0.000000123. The van der Waals surface area contributed by atoms with Crippen LogP contribution in [0.1, 0.15) is 56.6 Å². The number of fused-ring (bicyclic) bond motifs is 1. The van der Waals surface area contributed by atoms with Gasteiger partial charge in [-0.1, -0.05) is 59.5 Å². The molecule has 0 radical (unpaired) electrons. The molecular formula is C20H26. The summed E-state index contributed by atoms with van der Waals surface area (Å²) in [4.78, 5) is 0. The number of allylic oxidation sites excluding steroid dienone is 4. The van der Waals surface area contributed by atoms with Crippen LogP contribution in [0.5, 0.6) is 0 Å². The van der Waals surface area contributed by atoms with Crippen LogP contribution in [0.3, 0.4) is 0 Å². The van der Waals surface area contributed by atoms with E-state index >= 15 is 0 Å². The fraction of sp³-hybridized carbons (Fsp3) is 0.500. The third-order valence-corrected chi connectivity index (χ3v) is 5.22. The Morgan fingerprint density at radius 3 is 1.80 bits per heavy atom. The number of rotatable bonds is 1. The molecule has 0 heteroatoms. The molecule has 2 saturated carbocycles. The first-order valence-electron chi connectivity index (χ1n) is 8.06. The monoisotopic (exact) mass is 266 g/mol. The van der Waals surface area contributed by atoms with E-state index in [4.69, 9.17) is 0 Å². The SMILES string of the molecule is CC1=CC=C(C)C2CC12.Cc1ccc(C2CCC2)cc1. The maximum Gasteiger partial charge on any atom is -0.0131 e. The van der Waals surface area contributed by atoms with E-state index in [1.54, 1.807) is 16.7 Å². The maximum atomic E-state index is 2.28. The van der Waals surface area contributed by atoms with Crippen molar-refractivity contribution in [3.05, 3.63) is 58.7 Å². The molecule has 4 rings (SSSR count). The average Bonchev–Trinajstić information content (AvgIpc) is 3.17. The van der Waals surface area contributed by atoms with Crippen molar-refractivity contribution in [1.29, 1.82) is 0 Å². The van der Waals surface area contributed by atoms with Crippen molar-refractivity contribution >= 4 is 0 Å².